The molecule has 1 atom stereocenters. The van der Waals surface area contributed by atoms with E-state index in [1.54, 1.807) is 24.3 Å². The second kappa shape index (κ2) is 7.72. The maximum atomic E-state index is 13.8. The van der Waals surface area contributed by atoms with E-state index in [0.717, 1.165) is 31.7 Å². The second-order valence-corrected chi connectivity index (χ2v) is 7.78. The molecule has 1 fully saturated rings. The molecule has 0 amide bonds. The van der Waals surface area contributed by atoms with Gasteiger partial charge in [0.05, 0.1) is 11.6 Å². The monoisotopic (exact) mass is 402 g/mol. The number of piperazine rings is 1. The van der Waals surface area contributed by atoms with Crippen molar-refractivity contribution >= 4 is 11.4 Å². The summed E-state index contributed by atoms with van der Waals surface area (Å²) in [6.07, 6.45) is -0.600. The maximum absolute atomic E-state index is 13.8. The van der Waals surface area contributed by atoms with Crippen LogP contribution in [-0.4, -0.2) is 43.0 Å². The molecule has 2 N–H and O–H groups in total. The van der Waals surface area contributed by atoms with Gasteiger partial charge in [0.25, 0.3) is 0 Å². The number of hydrogen-bond donors (Lipinski definition) is 1. The van der Waals surface area contributed by atoms with Gasteiger partial charge in [-0.15, -0.1) is 0 Å². The standard InChI is InChI=1S/C22H25F3N4/c1-27-10-12-28(13-11-27)15-17-4-7-19(14-20(17)22(23,24)25)29-9-8-21(29)16-2-5-18(26)6-3-16/h2-9,14,21H,10-13,15,26H2,1H3. The zero-order valence-electron chi connectivity index (χ0n) is 16.4. The van der Waals surface area contributed by atoms with E-state index >= 15 is 0 Å². The fraction of sp³-hybridized carbons (Fsp3) is 0.364. The number of anilines is 2. The van der Waals surface area contributed by atoms with E-state index in [2.05, 4.69) is 9.80 Å². The number of rotatable bonds is 4. The lowest BCUT2D eigenvalue weighted by atomic mass is 9.98. The fourth-order valence-electron chi connectivity index (χ4n) is 3.84. The van der Waals surface area contributed by atoms with Crippen LogP contribution in [0.15, 0.2) is 54.7 Å². The quantitative estimate of drug-likeness (QED) is 0.781. The number of nitrogen functional groups attached to an aromatic ring is 1. The average molecular weight is 402 g/mol. The number of hydrogen-bond acceptors (Lipinski definition) is 4. The Hall–Kier alpha value is -2.51. The number of nitrogens with zero attached hydrogens (tertiary/aromatic N) is 3. The van der Waals surface area contributed by atoms with Gasteiger partial charge in [-0.25, -0.2) is 0 Å². The van der Waals surface area contributed by atoms with E-state index in [4.69, 9.17) is 5.73 Å². The molecule has 2 aliphatic heterocycles. The highest BCUT2D eigenvalue weighted by Crippen LogP contribution is 2.40. The highest BCUT2D eigenvalue weighted by Gasteiger charge is 2.35. The molecule has 0 spiro atoms. The highest BCUT2D eigenvalue weighted by atomic mass is 19.4. The summed E-state index contributed by atoms with van der Waals surface area (Å²) in [4.78, 5) is 6.14. The first kappa shape index (κ1) is 19.8. The molecule has 0 aliphatic carbocycles. The van der Waals surface area contributed by atoms with Gasteiger partial charge in [-0.1, -0.05) is 18.2 Å². The Bertz CT molecular complexity index is 884. The van der Waals surface area contributed by atoms with Crippen LogP contribution >= 0.6 is 0 Å². The van der Waals surface area contributed by atoms with Gasteiger partial charge < -0.3 is 15.5 Å². The number of alkyl halides is 3. The minimum Gasteiger partial charge on any atom is -0.399 e. The van der Waals surface area contributed by atoms with Crippen molar-refractivity contribution in [2.75, 3.05) is 43.9 Å². The van der Waals surface area contributed by atoms with Crippen LogP contribution in [0, 0.1) is 0 Å². The molecule has 1 saturated heterocycles. The first-order valence-corrected chi connectivity index (χ1v) is 9.74. The molecular formula is C22H25F3N4. The topological polar surface area (TPSA) is 35.7 Å². The molecule has 0 saturated carbocycles. The smallest absolute Gasteiger partial charge is 0.399 e. The summed E-state index contributed by atoms with van der Waals surface area (Å²) in [6, 6.07) is 12.0. The van der Waals surface area contributed by atoms with Crippen LogP contribution in [0.3, 0.4) is 0 Å². The van der Waals surface area contributed by atoms with Crippen LogP contribution < -0.4 is 10.6 Å². The zero-order chi connectivity index (χ0) is 20.6. The molecule has 2 aliphatic rings. The number of nitrogens with two attached hydrogens (primary N) is 1. The van der Waals surface area contributed by atoms with Crippen molar-refractivity contribution in [1.82, 2.24) is 9.80 Å². The Labute approximate surface area is 169 Å². The summed E-state index contributed by atoms with van der Waals surface area (Å²) in [5.74, 6) is 0. The summed E-state index contributed by atoms with van der Waals surface area (Å²) in [5.41, 5.74) is 7.72. The molecule has 2 aromatic rings. The Morgan fingerprint density at radius 2 is 1.69 bits per heavy atom. The van der Waals surface area contributed by atoms with E-state index in [-0.39, 0.29) is 6.04 Å². The van der Waals surface area contributed by atoms with Crippen LogP contribution in [0.2, 0.25) is 0 Å². The lowest BCUT2D eigenvalue weighted by Crippen LogP contribution is -2.44. The van der Waals surface area contributed by atoms with Crippen LogP contribution in [0.1, 0.15) is 22.7 Å². The van der Waals surface area contributed by atoms with E-state index in [9.17, 15) is 13.2 Å². The Morgan fingerprint density at radius 1 is 1.00 bits per heavy atom. The number of likely N-dealkylation sites (N-methyl/N-ethyl adjacent to an activating group) is 1. The largest absolute Gasteiger partial charge is 0.416 e. The molecule has 4 nitrogen and oxygen atoms in total. The summed E-state index contributed by atoms with van der Waals surface area (Å²) in [6.45, 7) is 3.63. The van der Waals surface area contributed by atoms with Gasteiger partial charge in [-0.2, -0.15) is 13.2 Å². The molecule has 7 heteroatoms. The predicted molar refractivity (Wildman–Crippen MR) is 109 cm³/mol. The Morgan fingerprint density at radius 3 is 2.28 bits per heavy atom. The van der Waals surface area contributed by atoms with Crippen molar-refractivity contribution in [3.63, 3.8) is 0 Å². The third-order valence-electron chi connectivity index (χ3n) is 5.69. The lowest BCUT2D eigenvalue weighted by molar-refractivity contribution is -0.138. The zero-order valence-corrected chi connectivity index (χ0v) is 16.4. The summed E-state index contributed by atoms with van der Waals surface area (Å²) < 4.78 is 41.5. The van der Waals surface area contributed by atoms with Crippen molar-refractivity contribution in [3.05, 3.63) is 71.4 Å². The van der Waals surface area contributed by atoms with E-state index in [0.29, 0.717) is 23.5 Å². The van der Waals surface area contributed by atoms with Crippen LogP contribution in [0.5, 0.6) is 0 Å². The van der Waals surface area contributed by atoms with Gasteiger partial charge in [0.1, 0.15) is 0 Å². The summed E-state index contributed by atoms with van der Waals surface area (Å²) >= 11 is 0. The molecule has 2 aromatic carbocycles. The van der Waals surface area contributed by atoms with Crippen molar-refractivity contribution in [3.8, 4) is 0 Å². The molecule has 2 heterocycles. The molecule has 0 aromatic heterocycles. The Balaban J connectivity index is 1.57. The van der Waals surface area contributed by atoms with Crippen molar-refractivity contribution in [2.45, 2.75) is 18.8 Å². The van der Waals surface area contributed by atoms with Gasteiger partial charge in [-0.3, -0.25) is 4.90 Å². The summed E-state index contributed by atoms with van der Waals surface area (Å²) in [7, 11) is 2.03. The van der Waals surface area contributed by atoms with E-state index in [1.165, 1.54) is 6.07 Å². The SMILES string of the molecule is CN1CCN(Cc2ccc(N3C=CC3c3ccc(N)cc3)cc2C(F)(F)F)CC1. The number of benzene rings is 2. The van der Waals surface area contributed by atoms with Gasteiger partial charge in [0.2, 0.25) is 0 Å². The molecule has 1 unspecified atom stereocenters. The highest BCUT2D eigenvalue weighted by molar-refractivity contribution is 5.60. The predicted octanol–water partition coefficient (Wildman–Crippen LogP) is 4.11. The second-order valence-electron chi connectivity index (χ2n) is 7.78. The molecule has 29 heavy (non-hydrogen) atoms. The van der Waals surface area contributed by atoms with Gasteiger partial charge in [-0.05, 0) is 48.5 Å². The van der Waals surface area contributed by atoms with Crippen LogP contribution in [0.4, 0.5) is 24.5 Å². The van der Waals surface area contributed by atoms with Gasteiger partial charge >= 0.3 is 6.18 Å². The minimum absolute atomic E-state index is 0.0832. The third kappa shape index (κ3) is 4.26. The van der Waals surface area contributed by atoms with Crippen LogP contribution in [0.25, 0.3) is 0 Å². The van der Waals surface area contributed by atoms with E-state index < -0.39 is 11.7 Å². The lowest BCUT2D eigenvalue weighted by Gasteiger charge is -2.37. The Kier molecular flexibility index (Phi) is 5.27. The molecule has 154 valence electrons. The van der Waals surface area contributed by atoms with Crippen LogP contribution in [-0.2, 0) is 12.7 Å². The van der Waals surface area contributed by atoms with Gasteiger partial charge in [0, 0.05) is 50.3 Å². The average Bonchev–Trinajstić information content (AvgIpc) is 2.65. The first-order valence-electron chi connectivity index (χ1n) is 9.74. The minimum atomic E-state index is -4.39. The molecular weight excluding hydrogens is 377 g/mol. The number of halogens is 3. The van der Waals surface area contributed by atoms with Gasteiger partial charge in [0.15, 0.2) is 0 Å². The van der Waals surface area contributed by atoms with Crippen molar-refractivity contribution in [2.24, 2.45) is 0 Å². The molecule has 0 bridgehead atoms. The summed E-state index contributed by atoms with van der Waals surface area (Å²) in [5, 5.41) is 0. The first-order chi connectivity index (χ1) is 13.8. The van der Waals surface area contributed by atoms with E-state index in [1.807, 2.05) is 36.4 Å². The fourth-order valence-corrected chi connectivity index (χ4v) is 3.84. The van der Waals surface area contributed by atoms with Crippen molar-refractivity contribution < 1.29 is 13.2 Å². The van der Waals surface area contributed by atoms with Crippen molar-refractivity contribution in [1.29, 1.82) is 0 Å². The third-order valence-corrected chi connectivity index (χ3v) is 5.69. The normalized spacial score (nSPS) is 20.7. The molecule has 0 radical (unpaired) electrons. The maximum Gasteiger partial charge on any atom is 0.416 e. The molecule has 4 rings (SSSR count).